The summed E-state index contributed by atoms with van der Waals surface area (Å²) in [5, 5.41) is 3.31. The van der Waals surface area contributed by atoms with Gasteiger partial charge in [-0.15, -0.1) is 0 Å². The van der Waals surface area contributed by atoms with Gasteiger partial charge in [0.15, 0.2) is 0 Å². The predicted octanol–water partition coefficient (Wildman–Crippen LogP) is 3.59. The van der Waals surface area contributed by atoms with Gasteiger partial charge in [0.05, 0.1) is 5.69 Å². The predicted molar refractivity (Wildman–Crippen MR) is 98.8 cm³/mol. The fraction of sp³-hybridized carbons (Fsp3) is 0.250. The van der Waals surface area contributed by atoms with Crippen molar-refractivity contribution in [1.29, 1.82) is 0 Å². The number of hydrogen-bond acceptors (Lipinski definition) is 3. The molecule has 0 N–H and O–H groups in total. The second-order valence-electron chi connectivity index (χ2n) is 6.78. The van der Waals surface area contributed by atoms with E-state index in [9.17, 15) is 9.59 Å². The van der Waals surface area contributed by atoms with E-state index in [1.54, 1.807) is 16.8 Å². The Kier molecular flexibility index (Phi) is 2.76. The highest BCUT2D eigenvalue weighted by Gasteiger charge is 2.34. The largest absolute Gasteiger partial charge is 0.305 e. The van der Waals surface area contributed by atoms with Crippen LogP contribution in [0, 0.1) is 0 Å². The average molecular weight is 331 g/mol. The Labute approximate surface area is 143 Å². The SMILES string of the molecule is CCCC(C)N1C(=O)c2ccc3c4c2c1ccc4c(=O)n1ccnc31. The number of anilines is 1. The number of pyridine rings is 1. The lowest BCUT2D eigenvalue weighted by Crippen LogP contribution is -2.35. The Bertz CT molecular complexity index is 1220. The van der Waals surface area contributed by atoms with Gasteiger partial charge >= 0.3 is 0 Å². The summed E-state index contributed by atoms with van der Waals surface area (Å²) < 4.78 is 1.58. The second-order valence-corrected chi connectivity index (χ2v) is 6.78. The van der Waals surface area contributed by atoms with Gasteiger partial charge in [0.2, 0.25) is 0 Å². The number of benzene rings is 2. The molecule has 2 aromatic heterocycles. The first-order chi connectivity index (χ1) is 12.1. The van der Waals surface area contributed by atoms with E-state index in [1.165, 1.54) is 0 Å². The minimum absolute atomic E-state index is 0.0287. The molecule has 0 spiro atoms. The van der Waals surface area contributed by atoms with Crippen molar-refractivity contribution in [2.24, 2.45) is 0 Å². The molecule has 0 radical (unpaired) electrons. The van der Waals surface area contributed by atoms with Crippen LogP contribution in [0.15, 0.2) is 41.5 Å². The highest BCUT2D eigenvalue weighted by Crippen LogP contribution is 2.42. The molecule has 1 aliphatic heterocycles. The highest BCUT2D eigenvalue weighted by atomic mass is 16.2. The van der Waals surface area contributed by atoms with Crippen LogP contribution in [0.25, 0.3) is 27.2 Å². The molecule has 5 nitrogen and oxygen atoms in total. The maximum atomic E-state index is 13.0. The quantitative estimate of drug-likeness (QED) is 0.576. The summed E-state index contributed by atoms with van der Waals surface area (Å²) in [5.74, 6) is 0.0287. The molecule has 1 unspecified atom stereocenters. The van der Waals surface area contributed by atoms with Gasteiger partial charge < -0.3 is 4.90 Å². The zero-order chi connectivity index (χ0) is 17.3. The van der Waals surface area contributed by atoms with Crippen molar-refractivity contribution in [3.8, 4) is 0 Å². The monoisotopic (exact) mass is 331 g/mol. The molecule has 0 saturated carbocycles. The van der Waals surface area contributed by atoms with Crippen molar-refractivity contribution >= 4 is 38.8 Å². The summed E-state index contributed by atoms with van der Waals surface area (Å²) in [7, 11) is 0. The van der Waals surface area contributed by atoms with E-state index in [-0.39, 0.29) is 17.5 Å². The third-order valence-corrected chi connectivity index (χ3v) is 5.33. The van der Waals surface area contributed by atoms with Crippen LogP contribution in [0.1, 0.15) is 37.0 Å². The van der Waals surface area contributed by atoms with Crippen LogP contribution in [-0.4, -0.2) is 21.3 Å². The maximum Gasteiger partial charge on any atom is 0.264 e. The van der Waals surface area contributed by atoms with E-state index in [0.717, 1.165) is 34.7 Å². The zero-order valence-corrected chi connectivity index (χ0v) is 14.1. The minimum Gasteiger partial charge on any atom is -0.305 e. The summed E-state index contributed by atoms with van der Waals surface area (Å²) >= 11 is 0. The van der Waals surface area contributed by atoms with Crippen LogP contribution >= 0.6 is 0 Å². The molecule has 0 aliphatic carbocycles. The molecule has 3 heterocycles. The van der Waals surface area contributed by atoms with Gasteiger partial charge in [0, 0.05) is 45.5 Å². The number of carbonyl (C=O) groups is 1. The number of rotatable bonds is 3. The summed E-state index contributed by atoms with van der Waals surface area (Å²) in [5.41, 5.74) is 2.16. The van der Waals surface area contributed by atoms with Crippen LogP contribution in [0.4, 0.5) is 5.69 Å². The van der Waals surface area contributed by atoms with Crippen molar-refractivity contribution in [1.82, 2.24) is 9.38 Å². The van der Waals surface area contributed by atoms with Gasteiger partial charge in [-0.3, -0.25) is 14.0 Å². The third kappa shape index (κ3) is 1.65. The Hall–Kier alpha value is -2.95. The fourth-order valence-corrected chi connectivity index (χ4v) is 4.24. The van der Waals surface area contributed by atoms with Gasteiger partial charge in [-0.2, -0.15) is 0 Å². The number of aromatic nitrogens is 2. The van der Waals surface area contributed by atoms with Gasteiger partial charge in [0.25, 0.3) is 11.5 Å². The topological polar surface area (TPSA) is 54.7 Å². The molecule has 25 heavy (non-hydrogen) atoms. The van der Waals surface area contributed by atoms with Crippen LogP contribution in [0.2, 0.25) is 0 Å². The van der Waals surface area contributed by atoms with Gasteiger partial charge in [-0.25, -0.2) is 4.98 Å². The number of fused-ring (bicyclic) bond motifs is 2. The average Bonchev–Trinajstić information content (AvgIpc) is 3.20. The first-order valence-corrected chi connectivity index (χ1v) is 8.65. The Morgan fingerprint density at radius 1 is 1.08 bits per heavy atom. The normalized spacial score (nSPS) is 15.1. The summed E-state index contributed by atoms with van der Waals surface area (Å²) in [6.45, 7) is 4.20. The van der Waals surface area contributed by atoms with Crippen LogP contribution in [0.3, 0.4) is 0 Å². The third-order valence-electron chi connectivity index (χ3n) is 5.33. The zero-order valence-electron chi connectivity index (χ0n) is 14.1. The smallest absolute Gasteiger partial charge is 0.264 e. The van der Waals surface area contributed by atoms with E-state index in [1.807, 2.05) is 29.2 Å². The van der Waals surface area contributed by atoms with E-state index < -0.39 is 0 Å². The van der Waals surface area contributed by atoms with Crippen molar-refractivity contribution in [3.63, 3.8) is 0 Å². The van der Waals surface area contributed by atoms with Crippen molar-refractivity contribution < 1.29 is 4.79 Å². The first kappa shape index (κ1) is 14.4. The number of imidazole rings is 1. The standard InChI is InChI=1S/C20H17N3O2/c1-3-4-11(2)23-15-8-7-13-16-12(5-6-14(17(15)16)20(23)25)18-21-9-10-22(18)19(13)24/h5-11H,3-4H2,1-2H3. The number of hydrogen-bond donors (Lipinski definition) is 0. The summed E-state index contributed by atoms with van der Waals surface area (Å²) in [6, 6.07) is 7.69. The molecule has 1 aliphatic rings. The molecular weight excluding hydrogens is 314 g/mol. The molecule has 4 aromatic rings. The van der Waals surface area contributed by atoms with Crippen molar-refractivity contribution in [2.45, 2.75) is 32.7 Å². The fourth-order valence-electron chi connectivity index (χ4n) is 4.24. The van der Waals surface area contributed by atoms with Crippen LogP contribution in [-0.2, 0) is 0 Å². The number of amides is 1. The second kappa shape index (κ2) is 4.79. The van der Waals surface area contributed by atoms with E-state index in [0.29, 0.717) is 16.6 Å². The first-order valence-electron chi connectivity index (χ1n) is 8.65. The molecule has 1 atom stereocenters. The molecule has 1 amide bonds. The van der Waals surface area contributed by atoms with Crippen molar-refractivity contribution in [2.75, 3.05) is 4.90 Å². The lowest BCUT2D eigenvalue weighted by molar-refractivity contribution is 0.0984. The lowest BCUT2D eigenvalue weighted by atomic mass is 9.98. The van der Waals surface area contributed by atoms with E-state index >= 15 is 0 Å². The molecule has 124 valence electrons. The molecule has 0 saturated heterocycles. The molecule has 5 heteroatoms. The van der Waals surface area contributed by atoms with Crippen molar-refractivity contribution in [3.05, 3.63) is 52.6 Å². The Morgan fingerprint density at radius 3 is 2.68 bits per heavy atom. The number of carbonyl (C=O) groups excluding carboxylic acids is 1. The van der Waals surface area contributed by atoms with E-state index in [2.05, 4.69) is 18.8 Å². The van der Waals surface area contributed by atoms with Gasteiger partial charge in [0.1, 0.15) is 5.65 Å². The van der Waals surface area contributed by atoms with Crippen LogP contribution in [0.5, 0.6) is 0 Å². The Balaban J connectivity index is 1.95. The lowest BCUT2D eigenvalue weighted by Gasteiger charge is -2.25. The van der Waals surface area contributed by atoms with Crippen LogP contribution < -0.4 is 10.5 Å². The molecule has 0 fully saturated rings. The van der Waals surface area contributed by atoms with E-state index in [4.69, 9.17) is 0 Å². The molecule has 0 bridgehead atoms. The molecular formula is C20H17N3O2. The number of nitrogens with zero attached hydrogens (tertiary/aromatic N) is 3. The summed E-state index contributed by atoms with van der Waals surface area (Å²) in [4.78, 5) is 32.1. The van der Waals surface area contributed by atoms with Gasteiger partial charge in [-0.05, 0) is 37.6 Å². The van der Waals surface area contributed by atoms with Gasteiger partial charge in [-0.1, -0.05) is 13.3 Å². The molecule has 5 rings (SSSR count). The Morgan fingerprint density at radius 2 is 1.88 bits per heavy atom. The minimum atomic E-state index is -0.0868. The summed E-state index contributed by atoms with van der Waals surface area (Å²) in [6.07, 6.45) is 5.29. The maximum absolute atomic E-state index is 13.0. The molecule has 2 aromatic carbocycles. The highest BCUT2D eigenvalue weighted by molar-refractivity contribution is 6.31.